The maximum atomic E-state index is 12.8. The molecule has 3 aromatic rings. The first kappa shape index (κ1) is 15.6. The number of amides is 1. The number of benzene rings is 2. The molecule has 0 bridgehead atoms. The third-order valence-electron chi connectivity index (χ3n) is 4.75. The summed E-state index contributed by atoms with van der Waals surface area (Å²) in [6, 6.07) is 20.2. The van der Waals surface area contributed by atoms with Crippen LogP contribution in [0, 0.1) is 6.92 Å². The number of carbonyl (C=O) groups is 1. The molecule has 1 aromatic heterocycles. The van der Waals surface area contributed by atoms with E-state index in [1.807, 2.05) is 41.3 Å². The number of hydrogen-bond donors (Lipinski definition) is 0. The van der Waals surface area contributed by atoms with Gasteiger partial charge in [0.15, 0.2) is 0 Å². The fourth-order valence-corrected chi connectivity index (χ4v) is 3.34. The Morgan fingerprint density at radius 1 is 0.920 bits per heavy atom. The maximum absolute atomic E-state index is 12.8. The van der Waals surface area contributed by atoms with Gasteiger partial charge in [-0.1, -0.05) is 36.4 Å². The van der Waals surface area contributed by atoms with Crippen LogP contribution in [0.2, 0.25) is 0 Å². The Bertz CT molecular complexity index is 914. The lowest BCUT2D eigenvalue weighted by Gasteiger charge is -2.36. The van der Waals surface area contributed by atoms with Crippen LogP contribution in [0.3, 0.4) is 0 Å². The minimum absolute atomic E-state index is 0.0228. The van der Waals surface area contributed by atoms with Gasteiger partial charge in [-0.15, -0.1) is 0 Å². The van der Waals surface area contributed by atoms with Crippen molar-refractivity contribution in [2.24, 2.45) is 0 Å². The standard InChI is InChI=1S/C21H21N3O/c1-16-5-4-7-18(15-16)23-11-13-24(14-12-23)21(25)20-10-9-17-6-2-3-8-19(17)22-20/h2-10,15H,11-14H2,1H3. The fraction of sp³-hybridized carbons (Fsp3) is 0.238. The summed E-state index contributed by atoms with van der Waals surface area (Å²) >= 11 is 0. The number of pyridine rings is 1. The van der Waals surface area contributed by atoms with Crippen LogP contribution in [0.1, 0.15) is 16.1 Å². The van der Waals surface area contributed by atoms with Gasteiger partial charge >= 0.3 is 0 Å². The van der Waals surface area contributed by atoms with Gasteiger partial charge in [0.1, 0.15) is 5.69 Å². The number of aromatic nitrogens is 1. The van der Waals surface area contributed by atoms with Crippen molar-refractivity contribution in [3.05, 3.63) is 71.9 Å². The average molecular weight is 331 g/mol. The van der Waals surface area contributed by atoms with Crippen molar-refractivity contribution in [2.45, 2.75) is 6.92 Å². The quantitative estimate of drug-likeness (QED) is 0.721. The van der Waals surface area contributed by atoms with Crippen molar-refractivity contribution in [3.8, 4) is 0 Å². The molecule has 0 radical (unpaired) electrons. The van der Waals surface area contributed by atoms with E-state index in [-0.39, 0.29) is 5.91 Å². The average Bonchev–Trinajstić information content (AvgIpc) is 2.67. The summed E-state index contributed by atoms with van der Waals surface area (Å²) in [4.78, 5) is 21.6. The van der Waals surface area contributed by atoms with Gasteiger partial charge in [-0.3, -0.25) is 4.79 Å². The van der Waals surface area contributed by atoms with Crippen molar-refractivity contribution < 1.29 is 4.79 Å². The van der Waals surface area contributed by atoms with Crippen molar-refractivity contribution in [2.75, 3.05) is 31.1 Å². The van der Waals surface area contributed by atoms with E-state index in [2.05, 4.69) is 41.1 Å². The Morgan fingerprint density at radius 3 is 2.52 bits per heavy atom. The summed E-state index contributed by atoms with van der Waals surface area (Å²) in [5, 5.41) is 1.06. The second-order valence-electron chi connectivity index (χ2n) is 6.51. The highest BCUT2D eigenvalue weighted by Gasteiger charge is 2.23. The van der Waals surface area contributed by atoms with Crippen LogP contribution in [0.4, 0.5) is 5.69 Å². The second-order valence-corrected chi connectivity index (χ2v) is 6.51. The van der Waals surface area contributed by atoms with Crippen LogP contribution in [0.5, 0.6) is 0 Å². The molecule has 0 aliphatic carbocycles. The first-order valence-electron chi connectivity index (χ1n) is 8.67. The Hall–Kier alpha value is -2.88. The molecule has 25 heavy (non-hydrogen) atoms. The van der Waals surface area contributed by atoms with E-state index in [0.717, 1.165) is 37.1 Å². The normalized spacial score (nSPS) is 14.8. The predicted molar refractivity (Wildman–Crippen MR) is 101 cm³/mol. The molecule has 0 saturated carbocycles. The summed E-state index contributed by atoms with van der Waals surface area (Å²) in [6.45, 7) is 5.25. The number of para-hydroxylation sites is 1. The molecule has 0 spiro atoms. The zero-order valence-electron chi connectivity index (χ0n) is 14.4. The van der Waals surface area contributed by atoms with E-state index in [1.54, 1.807) is 0 Å². The molecule has 1 aliphatic heterocycles. The number of carbonyl (C=O) groups excluding carboxylic acids is 1. The van der Waals surface area contributed by atoms with Crippen molar-refractivity contribution in [1.82, 2.24) is 9.88 Å². The van der Waals surface area contributed by atoms with E-state index >= 15 is 0 Å². The van der Waals surface area contributed by atoms with E-state index in [1.165, 1.54) is 11.3 Å². The summed E-state index contributed by atoms with van der Waals surface area (Å²) in [5.41, 5.74) is 3.89. The minimum atomic E-state index is 0.0228. The highest BCUT2D eigenvalue weighted by Crippen LogP contribution is 2.19. The van der Waals surface area contributed by atoms with Gasteiger partial charge in [0.05, 0.1) is 5.52 Å². The fourth-order valence-electron chi connectivity index (χ4n) is 3.34. The molecule has 2 aromatic carbocycles. The number of nitrogens with zero attached hydrogens (tertiary/aromatic N) is 3. The smallest absolute Gasteiger partial charge is 0.272 e. The summed E-state index contributed by atoms with van der Waals surface area (Å²) in [7, 11) is 0. The number of piperazine rings is 1. The van der Waals surface area contributed by atoms with Crippen LogP contribution in [0.15, 0.2) is 60.7 Å². The Labute approximate surface area is 147 Å². The number of fused-ring (bicyclic) bond motifs is 1. The number of anilines is 1. The molecule has 4 nitrogen and oxygen atoms in total. The van der Waals surface area contributed by atoms with Gasteiger partial charge < -0.3 is 9.80 Å². The molecular weight excluding hydrogens is 310 g/mol. The zero-order valence-corrected chi connectivity index (χ0v) is 14.4. The van der Waals surface area contributed by atoms with Gasteiger partial charge in [-0.05, 0) is 36.8 Å². The molecule has 1 aliphatic rings. The van der Waals surface area contributed by atoms with Gasteiger partial charge in [0.25, 0.3) is 5.91 Å². The second kappa shape index (κ2) is 6.55. The summed E-state index contributed by atoms with van der Waals surface area (Å²) in [5.74, 6) is 0.0228. The Balaban J connectivity index is 1.47. The zero-order chi connectivity index (χ0) is 17.2. The predicted octanol–water partition coefficient (Wildman–Crippen LogP) is 3.51. The molecule has 126 valence electrons. The van der Waals surface area contributed by atoms with Crippen LogP contribution in [-0.2, 0) is 0 Å². The van der Waals surface area contributed by atoms with E-state index in [4.69, 9.17) is 0 Å². The van der Waals surface area contributed by atoms with E-state index in [9.17, 15) is 4.79 Å². The van der Waals surface area contributed by atoms with Gasteiger partial charge in [-0.2, -0.15) is 0 Å². The van der Waals surface area contributed by atoms with Crippen LogP contribution < -0.4 is 4.90 Å². The third kappa shape index (κ3) is 3.20. The molecular formula is C21H21N3O. The molecule has 1 fully saturated rings. The minimum Gasteiger partial charge on any atom is -0.368 e. The van der Waals surface area contributed by atoms with Crippen LogP contribution >= 0.6 is 0 Å². The number of rotatable bonds is 2. The largest absolute Gasteiger partial charge is 0.368 e. The molecule has 1 saturated heterocycles. The number of hydrogen-bond acceptors (Lipinski definition) is 3. The highest BCUT2D eigenvalue weighted by molar-refractivity contribution is 5.95. The van der Waals surface area contributed by atoms with Gasteiger partial charge in [0, 0.05) is 37.3 Å². The van der Waals surface area contributed by atoms with Crippen LogP contribution in [0.25, 0.3) is 10.9 Å². The molecule has 0 N–H and O–H groups in total. The topological polar surface area (TPSA) is 36.4 Å². The Kier molecular flexibility index (Phi) is 4.10. The maximum Gasteiger partial charge on any atom is 0.272 e. The highest BCUT2D eigenvalue weighted by atomic mass is 16.2. The lowest BCUT2D eigenvalue weighted by atomic mass is 10.1. The summed E-state index contributed by atoms with van der Waals surface area (Å²) < 4.78 is 0. The monoisotopic (exact) mass is 331 g/mol. The molecule has 4 rings (SSSR count). The first-order chi connectivity index (χ1) is 12.2. The van der Waals surface area contributed by atoms with Crippen molar-refractivity contribution in [3.63, 3.8) is 0 Å². The molecule has 0 atom stereocenters. The lowest BCUT2D eigenvalue weighted by molar-refractivity contribution is 0.0741. The van der Waals surface area contributed by atoms with Gasteiger partial charge in [0.2, 0.25) is 0 Å². The summed E-state index contributed by atoms with van der Waals surface area (Å²) in [6.07, 6.45) is 0. The van der Waals surface area contributed by atoms with Crippen LogP contribution in [-0.4, -0.2) is 42.0 Å². The van der Waals surface area contributed by atoms with Crippen molar-refractivity contribution in [1.29, 1.82) is 0 Å². The molecule has 2 heterocycles. The third-order valence-corrected chi connectivity index (χ3v) is 4.75. The lowest BCUT2D eigenvalue weighted by Crippen LogP contribution is -2.49. The first-order valence-corrected chi connectivity index (χ1v) is 8.67. The molecule has 4 heteroatoms. The molecule has 1 amide bonds. The molecule has 0 unspecified atom stereocenters. The van der Waals surface area contributed by atoms with E-state index in [0.29, 0.717) is 5.69 Å². The van der Waals surface area contributed by atoms with Gasteiger partial charge in [-0.25, -0.2) is 4.98 Å². The Morgan fingerprint density at radius 2 is 1.72 bits per heavy atom. The SMILES string of the molecule is Cc1cccc(N2CCN(C(=O)c3ccc4ccccc4n3)CC2)c1. The van der Waals surface area contributed by atoms with Crippen molar-refractivity contribution >= 4 is 22.5 Å². The van der Waals surface area contributed by atoms with E-state index < -0.39 is 0 Å². The number of aryl methyl sites for hydroxylation is 1.